The van der Waals surface area contributed by atoms with E-state index in [0.29, 0.717) is 13.1 Å². The zero-order valence-electron chi connectivity index (χ0n) is 5.75. The molecule has 4 heteroatoms. The zero-order chi connectivity index (χ0) is 7.56. The van der Waals surface area contributed by atoms with Gasteiger partial charge in [0.1, 0.15) is 6.09 Å². The van der Waals surface area contributed by atoms with Gasteiger partial charge in [-0.3, -0.25) is 0 Å². The van der Waals surface area contributed by atoms with E-state index in [1.54, 1.807) is 0 Å². The van der Waals surface area contributed by atoms with Gasteiger partial charge in [-0.1, -0.05) is 0 Å². The summed E-state index contributed by atoms with van der Waals surface area (Å²) >= 11 is 0. The maximum atomic E-state index is 10.2. The number of piperidine rings is 1. The van der Waals surface area contributed by atoms with Gasteiger partial charge in [-0.25, -0.2) is 0 Å². The van der Waals surface area contributed by atoms with Crippen LogP contribution in [0.15, 0.2) is 0 Å². The van der Waals surface area contributed by atoms with Gasteiger partial charge in [0.2, 0.25) is 0 Å². The van der Waals surface area contributed by atoms with Crippen molar-refractivity contribution in [3.8, 4) is 0 Å². The summed E-state index contributed by atoms with van der Waals surface area (Å²) in [6.45, 7) is 1.06. The maximum Gasteiger partial charge on any atom is 0.136 e. The maximum absolute atomic E-state index is 10.2. The van der Waals surface area contributed by atoms with Crippen LogP contribution in [-0.2, 0) is 0 Å². The van der Waals surface area contributed by atoms with Crippen molar-refractivity contribution in [1.29, 1.82) is 0 Å². The third kappa shape index (κ3) is 1.60. The molecule has 1 rings (SSSR count). The summed E-state index contributed by atoms with van der Waals surface area (Å²) in [6, 6.07) is 0.176. The first-order valence-corrected chi connectivity index (χ1v) is 3.41. The third-order valence-corrected chi connectivity index (χ3v) is 1.80. The Balaban J connectivity index is 2.33. The number of likely N-dealkylation sites (tertiary alicyclic amines) is 1. The molecule has 4 nitrogen and oxygen atoms in total. The molecule has 1 saturated heterocycles. The largest absolute Gasteiger partial charge is 0.530 e. The van der Waals surface area contributed by atoms with Crippen molar-refractivity contribution in [2.24, 2.45) is 5.73 Å². The molecule has 0 unspecified atom stereocenters. The minimum Gasteiger partial charge on any atom is -0.530 e. The Kier molecular flexibility index (Phi) is 2.11. The van der Waals surface area contributed by atoms with Crippen molar-refractivity contribution in [1.82, 2.24) is 4.90 Å². The van der Waals surface area contributed by atoms with Crippen LogP contribution in [-0.4, -0.2) is 30.1 Å². The molecule has 0 atom stereocenters. The predicted molar refractivity (Wildman–Crippen MR) is 34.2 cm³/mol. The van der Waals surface area contributed by atoms with E-state index in [1.165, 1.54) is 4.90 Å². The highest BCUT2D eigenvalue weighted by Gasteiger charge is 2.14. The number of carbonyl (C=O) groups excluding carboxylic acids is 1. The van der Waals surface area contributed by atoms with E-state index in [-0.39, 0.29) is 6.04 Å². The first-order valence-electron chi connectivity index (χ1n) is 3.41. The third-order valence-electron chi connectivity index (χ3n) is 1.80. The summed E-state index contributed by atoms with van der Waals surface area (Å²) in [5.41, 5.74) is 5.56. The first kappa shape index (κ1) is 7.34. The van der Waals surface area contributed by atoms with Gasteiger partial charge in [0.15, 0.2) is 0 Å². The molecule has 1 heterocycles. The fraction of sp³-hybridized carbons (Fsp3) is 0.833. The first-order chi connectivity index (χ1) is 4.70. The standard InChI is InChI=1S/C6H12N2O2/c7-5-1-3-8(4-2-5)6(9)10/h5H,1-4,7H2,(H,9,10)/p-1. The van der Waals surface area contributed by atoms with Crippen LogP contribution < -0.4 is 10.8 Å². The van der Waals surface area contributed by atoms with E-state index in [4.69, 9.17) is 5.73 Å². The quantitative estimate of drug-likeness (QED) is 0.460. The lowest BCUT2D eigenvalue weighted by molar-refractivity contribution is -0.266. The molecule has 0 bridgehead atoms. The number of carboxylic acid groups (broad SMARTS) is 1. The van der Waals surface area contributed by atoms with E-state index in [9.17, 15) is 9.90 Å². The van der Waals surface area contributed by atoms with Crippen molar-refractivity contribution < 1.29 is 9.90 Å². The molecule has 58 valence electrons. The van der Waals surface area contributed by atoms with Gasteiger partial charge in [0, 0.05) is 19.1 Å². The fourth-order valence-electron chi connectivity index (χ4n) is 1.08. The lowest BCUT2D eigenvalue weighted by Crippen LogP contribution is -2.48. The smallest absolute Gasteiger partial charge is 0.136 e. The van der Waals surface area contributed by atoms with Crippen molar-refractivity contribution in [2.75, 3.05) is 13.1 Å². The average molecular weight is 143 g/mol. The average Bonchev–Trinajstić information content (AvgIpc) is 1.88. The van der Waals surface area contributed by atoms with Crippen molar-refractivity contribution >= 4 is 6.09 Å². The van der Waals surface area contributed by atoms with Crippen LogP contribution in [0.2, 0.25) is 0 Å². The molecule has 0 aromatic carbocycles. The van der Waals surface area contributed by atoms with Gasteiger partial charge in [-0.15, -0.1) is 0 Å². The Bertz CT molecular complexity index is 130. The van der Waals surface area contributed by atoms with E-state index in [2.05, 4.69) is 0 Å². The number of rotatable bonds is 0. The number of hydrogen-bond acceptors (Lipinski definition) is 3. The van der Waals surface area contributed by atoms with Crippen LogP contribution in [0.25, 0.3) is 0 Å². The highest BCUT2D eigenvalue weighted by molar-refractivity contribution is 5.62. The number of nitrogens with zero attached hydrogens (tertiary/aromatic N) is 1. The summed E-state index contributed by atoms with van der Waals surface area (Å²) in [6.07, 6.45) is 0.439. The molecule has 0 aliphatic carbocycles. The van der Waals surface area contributed by atoms with Crippen LogP contribution >= 0.6 is 0 Å². The highest BCUT2D eigenvalue weighted by atomic mass is 16.4. The Hall–Kier alpha value is -0.770. The second-order valence-corrected chi connectivity index (χ2v) is 2.59. The van der Waals surface area contributed by atoms with Gasteiger partial charge >= 0.3 is 0 Å². The number of amides is 1. The van der Waals surface area contributed by atoms with Crippen molar-refractivity contribution in [3.05, 3.63) is 0 Å². The van der Waals surface area contributed by atoms with Gasteiger partial charge in [-0.2, -0.15) is 0 Å². The van der Waals surface area contributed by atoms with Gasteiger partial charge in [-0.05, 0) is 12.8 Å². The van der Waals surface area contributed by atoms with Crippen LogP contribution in [0.3, 0.4) is 0 Å². The van der Waals surface area contributed by atoms with E-state index >= 15 is 0 Å². The molecule has 1 fully saturated rings. The molecular weight excluding hydrogens is 132 g/mol. The molecule has 1 amide bonds. The lowest BCUT2D eigenvalue weighted by Gasteiger charge is -2.31. The molecule has 1 aliphatic rings. The van der Waals surface area contributed by atoms with E-state index in [1.807, 2.05) is 0 Å². The Morgan fingerprint density at radius 3 is 2.40 bits per heavy atom. The molecule has 2 N–H and O–H groups in total. The number of nitrogens with two attached hydrogens (primary N) is 1. The molecular formula is C6H11N2O2-. The fourth-order valence-corrected chi connectivity index (χ4v) is 1.08. The van der Waals surface area contributed by atoms with Gasteiger partial charge in [0.25, 0.3) is 0 Å². The number of carbonyl (C=O) groups is 1. The molecule has 0 radical (unpaired) electrons. The van der Waals surface area contributed by atoms with Crippen molar-refractivity contribution in [2.45, 2.75) is 18.9 Å². The predicted octanol–water partition coefficient (Wildman–Crippen LogP) is -1.25. The lowest BCUT2D eigenvalue weighted by atomic mass is 10.1. The normalized spacial score (nSPS) is 21.1. The highest BCUT2D eigenvalue weighted by Crippen LogP contribution is 2.06. The minimum absolute atomic E-state index is 0.176. The number of hydrogen-bond donors (Lipinski definition) is 1. The topological polar surface area (TPSA) is 69.4 Å². The SMILES string of the molecule is NC1CCN(C(=O)[O-])CC1. The summed E-state index contributed by atoms with van der Waals surface area (Å²) in [7, 11) is 0. The molecule has 0 aromatic heterocycles. The Morgan fingerprint density at radius 1 is 1.50 bits per heavy atom. The summed E-state index contributed by atoms with van der Waals surface area (Å²) < 4.78 is 0. The van der Waals surface area contributed by atoms with Crippen LogP contribution in [0.4, 0.5) is 4.79 Å². The second kappa shape index (κ2) is 2.88. The summed E-state index contributed by atoms with van der Waals surface area (Å²) in [5, 5.41) is 10.2. The van der Waals surface area contributed by atoms with Crippen LogP contribution in [0.1, 0.15) is 12.8 Å². The zero-order valence-corrected chi connectivity index (χ0v) is 5.75. The van der Waals surface area contributed by atoms with Gasteiger partial charge in [0.05, 0.1) is 0 Å². The molecule has 0 saturated carbocycles. The Labute approximate surface area is 59.6 Å². The summed E-state index contributed by atoms with van der Waals surface area (Å²) in [5.74, 6) is 0. The second-order valence-electron chi connectivity index (χ2n) is 2.59. The monoisotopic (exact) mass is 143 g/mol. The Morgan fingerprint density at radius 2 is 2.00 bits per heavy atom. The summed E-state index contributed by atoms with van der Waals surface area (Å²) in [4.78, 5) is 11.5. The molecule has 10 heavy (non-hydrogen) atoms. The van der Waals surface area contributed by atoms with E-state index < -0.39 is 6.09 Å². The molecule has 1 aliphatic heterocycles. The molecule has 0 aromatic rings. The minimum atomic E-state index is -1.08. The molecule has 0 spiro atoms. The van der Waals surface area contributed by atoms with Crippen LogP contribution in [0.5, 0.6) is 0 Å². The van der Waals surface area contributed by atoms with Crippen LogP contribution in [0, 0.1) is 0 Å². The van der Waals surface area contributed by atoms with Crippen molar-refractivity contribution in [3.63, 3.8) is 0 Å². The van der Waals surface area contributed by atoms with E-state index in [0.717, 1.165) is 12.8 Å². The van der Waals surface area contributed by atoms with Gasteiger partial charge < -0.3 is 20.5 Å².